The van der Waals surface area contributed by atoms with Crippen molar-refractivity contribution in [3.05, 3.63) is 53.6 Å². The predicted octanol–water partition coefficient (Wildman–Crippen LogP) is 4.23. The van der Waals surface area contributed by atoms with E-state index < -0.39 is 6.09 Å². The highest BCUT2D eigenvalue weighted by molar-refractivity contribution is 5.84. The summed E-state index contributed by atoms with van der Waals surface area (Å²) in [4.78, 5) is 11.1. The van der Waals surface area contributed by atoms with Gasteiger partial charge in [0.15, 0.2) is 0 Å². The molecule has 0 unspecified atom stereocenters. The van der Waals surface area contributed by atoms with E-state index in [1.165, 1.54) is 18.2 Å². The molecule has 0 fully saturated rings. The Morgan fingerprint density at radius 2 is 1.50 bits per heavy atom. The predicted molar refractivity (Wildman–Crippen MR) is 81.7 cm³/mol. The molecule has 1 amide bonds. The molecule has 0 aliphatic rings. The number of amides is 1. The maximum atomic E-state index is 11.1. The van der Waals surface area contributed by atoms with Crippen molar-refractivity contribution in [2.24, 2.45) is 0 Å². The van der Waals surface area contributed by atoms with Crippen molar-refractivity contribution in [1.82, 2.24) is 0 Å². The summed E-state index contributed by atoms with van der Waals surface area (Å²) in [5.41, 5.74) is 5.22. The molecule has 0 radical (unpaired) electrons. The minimum atomic E-state index is -0.472. The van der Waals surface area contributed by atoms with Crippen LogP contribution in [0.1, 0.15) is 11.1 Å². The lowest BCUT2D eigenvalue weighted by Gasteiger charge is -2.10. The Morgan fingerprint density at radius 3 is 2.10 bits per heavy atom. The standard InChI is InChI=1S/C16H18N2O2/c1-11-4-5-15(10-12(11)2)17-13-6-8-14(9-7-13)18-16(19)20-3/h4-10,17H,1-3H3,(H,18,19). The molecule has 2 aromatic rings. The minimum Gasteiger partial charge on any atom is -0.453 e. The van der Waals surface area contributed by atoms with Crippen molar-refractivity contribution >= 4 is 23.2 Å². The van der Waals surface area contributed by atoms with E-state index in [1.54, 1.807) is 0 Å². The highest BCUT2D eigenvalue weighted by Gasteiger charge is 2.01. The number of ether oxygens (including phenoxy) is 1. The number of hydrogen-bond acceptors (Lipinski definition) is 3. The Balaban J connectivity index is 2.06. The molecule has 0 saturated heterocycles. The van der Waals surface area contributed by atoms with Crippen LogP contribution >= 0.6 is 0 Å². The molecule has 0 aliphatic heterocycles. The van der Waals surface area contributed by atoms with Crippen LogP contribution in [-0.4, -0.2) is 13.2 Å². The van der Waals surface area contributed by atoms with Gasteiger partial charge in [0, 0.05) is 17.1 Å². The van der Waals surface area contributed by atoms with E-state index in [9.17, 15) is 4.79 Å². The largest absolute Gasteiger partial charge is 0.453 e. The monoisotopic (exact) mass is 270 g/mol. The second kappa shape index (κ2) is 6.10. The van der Waals surface area contributed by atoms with Gasteiger partial charge in [-0.15, -0.1) is 0 Å². The minimum absolute atomic E-state index is 0.472. The molecule has 0 spiro atoms. The first-order valence-electron chi connectivity index (χ1n) is 6.38. The zero-order valence-corrected chi connectivity index (χ0v) is 11.9. The lowest BCUT2D eigenvalue weighted by molar-refractivity contribution is 0.187. The van der Waals surface area contributed by atoms with E-state index in [2.05, 4.69) is 41.4 Å². The van der Waals surface area contributed by atoms with Crippen LogP contribution in [0.2, 0.25) is 0 Å². The molecule has 2 aromatic carbocycles. The molecular formula is C16H18N2O2. The number of carbonyl (C=O) groups is 1. The number of aryl methyl sites for hydroxylation is 2. The highest BCUT2D eigenvalue weighted by Crippen LogP contribution is 2.21. The molecule has 0 aromatic heterocycles. The van der Waals surface area contributed by atoms with E-state index in [4.69, 9.17) is 0 Å². The highest BCUT2D eigenvalue weighted by atomic mass is 16.5. The average molecular weight is 270 g/mol. The molecule has 2 rings (SSSR count). The van der Waals surface area contributed by atoms with Gasteiger partial charge in [-0.05, 0) is 61.4 Å². The molecule has 0 atom stereocenters. The molecule has 20 heavy (non-hydrogen) atoms. The Hall–Kier alpha value is -2.49. The third-order valence-corrected chi connectivity index (χ3v) is 3.11. The molecule has 4 heteroatoms. The first kappa shape index (κ1) is 13.9. The maximum Gasteiger partial charge on any atom is 0.411 e. The molecule has 104 valence electrons. The van der Waals surface area contributed by atoms with Crippen molar-refractivity contribution in [2.45, 2.75) is 13.8 Å². The van der Waals surface area contributed by atoms with Gasteiger partial charge in [0.2, 0.25) is 0 Å². The Bertz CT molecular complexity index is 606. The summed E-state index contributed by atoms with van der Waals surface area (Å²) in [6.45, 7) is 4.18. The molecule has 0 aliphatic carbocycles. The van der Waals surface area contributed by atoms with Crippen LogP contribution in [0.15, 0.2) is 42.5 Å². The fourth-order valence-corrected chi connectivity index (χ4v) is 1.79. The number of hydrogen-bond donors (Lipinski definition) is 2. The van der Waals surface area contributed by atoms with Crippen LogP contribution in [0.4, 0.5) is 21.9 Å². The Labute approximate surface area is 118 Å². The molecular weight excluding hydrogens is 252 g/mol. The number of carbonyl (C=O) groups excluding carboxylic acids is 1. The third-order valence-electron chi connectivity index (χ3n) is 3.11. The number of benzene rings is 2. The number of methoxy groups -OCH3 is 1. The van der Waals surface area contributed by atoms with E-state index in [1.807, 2.05) is 30.3 Å². The second-order valence-electron chi connectivity index (χ2n) is 4.62. The smallest absolute Gasteiger partial charge is 0.411 e. The van der Waals surface area contributed by atoms with Crippen molar-refractivity contribution in [2.75, 3.05) is 17.7 Å². The zero-order valence-electron chi connectivity index (χ0n) is 11.9. The fourth-order valence-electron chi connectivity index (χ4n) is 1.79. The number of anilines is 3. The summed E-state index contributed by atoms with van der Waals surface area (Å²) >= 11 is 0. The second-order valence-corrected chi connectivity index (χ2v) is 4.62. The lowest BCUT2D eigenvalue weighted by atomic mass is 10.1. The first-order valence-corrected chi connectivity index (χ1v) is 6.38. The van der Waals surface area contributed by atoms with Crippen molar-refractivity contribution in [1.29, 1.82) is 0 Å². The third kappa shape index (κ3) is 3.51. The molecule has 0 heterocycles. The van der Waals surface area contributed by atoms with Crippen LogP contribution in [0, 0.1) is 13.8 Å². The van der Waals surface area contributed by atoms with Crippen LogP contribution in [-0.2, 0) is 4.74 Å². The van der Waals surface area contributed by atoms with Gasteiger partial charge in [0.25, 0.3) is 0 Å². The van der Waals surface area contributed by atoms with Gasteiger partial charge < -0.3 is 10.1 Å². The van der Waals surface area contributed by atoms with Gasteiger partial charge in [0.1, 0.15) is 0 Å². The number of rotatable bonds is 3. The van der Waals surface area contributed by atoms with E-state index in [-0.39, 0.29) is 0 Å². The van der Waals surface area contributed by atoms with Crippen molar-refractivity contribution < 1.29 is 9.53 Å². The SMILES string of the molecule is COC(=O)Nc1ccc(Nc2ccc(C)c(C)c2)cc1. The molecule has 4 nitrogen and oxygen atoms in total. The van der Waals surface area contributed by atoms with Gasteiger partial charge in [-0.3, -0.25) is 5.32 Å². The molecule has 2 N–H and O–H groups in total. The van der Waals surface area contributed by atoms with Gasteiger partial charge in [-0.2, -0.15) is 0 Å². The topological polar surface area (TPSA) is 50.4 Å². The zero-order chi connectivity index (χ0) is 14.5. The number of nitrogens with one attached hydrogen (secondary N) is 2. The summed E-state index contributed by atoms with van der Waals surface area (Å²) in [7, 11) is 1.34. The van der Waals surface area contributed by atoms with Crippen molar-refractivity contribution in [3.8, 4) is 0 Å². The van der Waals surface area contributed by atoms with Crippen LogP contribution in [0.25, 0.3) is 0 Å². The van der Waals surface area contributed by atoms with Gasteiger partial charge >= 0.3 is 6.09 Å². The summed E-state index contributed by atoms with van der Waals surface area (Å²) < 4.78 is 4.54. The van der Waals surface area contributed by atoms with Crippen LogP contribution in [0.5, 0.6) is 0 Å². The lowest BCUT2D eigenvalue weighted by Crippen LogP contribution is -2.10. The summed E-state index contributed by atoms with van der Waals surface area (Å²) in [5.74, 6) is 0. The van der Waals surface area contributed by atoms with E-state index in [0.29, 0.717) is 5.69 Å². The Kier molecular flexibility index (Phi) is 4.25. The quantitative estimate of drug-likeness (QED) is 0.877. The fraction of sp³-hybridized carbons (Fsp3) is 0.188. The van der Waals surface area contributed by atoms with E-state index in [0.717, 1.165) is 11.4 Å². The summed E-state index contributed by atoms with van der Waals surface area (Å²) in [6, 6.07) is 13.7. The van der Waals surface area contributed by atoms with Gasteiger partial charge in [0.05, 0.1) is 7.11 Å². The first-order chi connectivity index (χ1) is 9.58. The van der Waals surface area contributed by atoms with Crippen LogP contribution < -0.4 is 10.6 Å². The molecule has 0 bridgehead atoms. The summed E-state index contributed by atoms with van der Waals surface area (Å²) in [5, 5.41) is 5.93. The van der Waals surface area contributed by atoms with Gasteiger partial charge in [-0.25, -0.2) is 4.79 Å². The summed E-state index contributed by atoms with van der Waals surface area (Å²) in [6.07, 6.45) is -0.472. The van der Waals surface area contributed by atoms with Crippen LogP contribution in [0.3, 0.4) is 0 Å². The molecule has 0 saturated carbocycles. The van der Waals surface area contributed by atoms with E-state index >= 15 is 0 Å². The van der Waals surface area contributed by atoms with Gasteiger partial charge in [-0.1, -0.05) is 6.07 Å². The maximum absolute atomic E-state index is 11.1. The average Bonchev–Trinajstić information content (AvgIpc) is 2.45. The Morgan fingerprint density at radius 1 is 0.900 bits per heavy atom. The van der Waals surface area contributed by atoms with Crippen molar-refractivity contribution in [3.63, 3.8) is 0 Å². The normalized spacial score (nSPS) is 9.95.